The van der Waals surface area contributed by atoms with Crippen molar-refractivity contribution in [1.29, 1.82) is 0 Å². The predicted octanol–water partition coefficient (Wildman–Crippen LogP) is 9.31. The van der Waals surface area contributed by atoms with E-state index in [1.165, 1.54) is 60.6 Å². The molecule has 0 N–H and O–H groups in total. The summed E-state index contributed by atoms with van der Waals surface area (Å²) >= 11 is 0. The van der Waals surface area contributed by atoms with Gasteiger partial charge in [-0.25, -0.2) is 4.39 Å². The summed E-state index contributed by atoms with van der Waals surface area (Å²) in [6.45, 7) is 2.14. The molecule has 7 rings (SSSR count). The van der Waals surface area contributed by atoms with E-state index in [9.17, 15) is 4.39 Å². The van der Waals surface area contributed by atoms with Crippen LogP contribution in [0.25, 0.3) is 43.8 Å². The number of hydrogen-bond acceptors (Lipinski definition) is 1. The molecule has 0 fully saturated rings. The first-order valence-electron chi connectivity index (χ1n) is 12.7. The lowest BCUT2D eigenvalue weighted by Crippen LogP contribution is -2.29. The minimum absolute atomic E-state index is 0.0394. The van der Waals surface area contributed by atoms with Crippen molar-refractivity contribution in [3.05, 3.63) is 138 Å². The van der Waals surface area contributed by atoms with Gasteiger partial charge in [-0.05, 0) is 80.6 Å². The molecule has 0 saturated heterocycles. The first kappa shape index (κ1) is 21.8. The Morgan fingerprint density at radius 2 is 1.27 bits per heavy atom. The summed E-state index contributed by atoms with van der Waals surface area (Å²) in [7, 11) is 2.16. The van der Waals surface area contributed by atoms with Crippen LogP contribution in [0.1, 0.15) is 22.7 Å². The molecule has 1 aliphatic rings. The molecule has 0 amide bonds. The van der Waals surface area contributed by atoms with Gasteiger partial charge in [0.25, 0.3) is 0 Å². The van der Waals surface area contributed by atoms with Crippen molar-refractivity contribution in [2.45, 2.75) is 13.0 Å². The highest BCUT2D eigenvalue weighted by molar-refractivity contribution is 6.18. The number of anilines is 1. The van der Waals surface area contributed by atoms with Crippen molar-refractivity contribution < 1.29 is 4.39 Å². The van der Waals surface area contributed by atoms with Crippen LogP contribution in [0, 0.1) is 12.7 Å². The molecule has 37 heavy (non-hydrogen) atoms. The molecule has 0 aliphatic carbocycles. The predicted molar refractivity (Wildman–Crippen MR) is 154 cm³/mol. The van der Waals surface area contributed by atoms with Crippen LogP contribution in [-0.2, 0) is 0 Å². The Labute approximate surface area is 216 Å². The van der Waals surface area contributed by atoms with Gasteiger partial charge in [0, 0.05) is 18.3 Å². The van der Waals surface area contributed by atoms with Crippen LogP contribution in [0.15, 0.2) is 115 Å². The Morgan fingerprint density at radius 1 is 0.622 bits per heavy atom. The van der Waals surface area contributed by atoms with Crippen LogP contribution >= 0.6 is 0 Å². The highest BCUT2D eigenvalue weighted by Crippen LogP contribution is 2.53. The molecule has 0 spiro atoms. The third kappa shape index (κ3) is 3.37. The van der Waals surface area contributed by atoms with E-state index in [-0.39, 0.29) is 11.9 Å². The summed E-state index contributed by atoms with van der Waals surface area (Å²) in [5.41, 5.74) is 9.72. The lowest BCUT2D eigenvalue weighted by molar-refractivity contribution is 0.626. The monoisotopic (exact) mass is 479 g/mol. The maximum atomic E-state index is 14.0. The second-order valence-electron chi connectivity index (χ2n) is 10.0. The Morgan fingerprint density at radius 3 is 2.00 bits per heavy atom. The minimum Gasteiger partial charge on any atom is -0.363 e. The fourth-order valence-electron chi connectivity index (χ4n) is 6.16. The van der Waals surface area contributed by atoms with E-state index in [1.54, 1.807) is 12.1 Å². The smallest absolute Gasteiger partial charge is 0.123 e. The molecule has 0 bridgehead atoms. The minimum atomic E-state index is -0.214. The molecule has 0 aromatic heterocycles. The molecule has 0 saturated carbocycles. The Balaban J connectivity index is 1.62. The number of nitrogens with zero attached hydrogens (tertiary/aromatic N) is 1. The highest BCUT2D eigenvalue weighted by Gasteiger charge is 2.33. The zero-order chi connectivity index (χ0) is 25.1. The van der Waals surface area contributed by atoms with Gasteiger partial charge >= 0.3 is 0 Å². The maximum absolute atomic E-state index is 14.0. The third-order valence-electron chi connectivity index (χ3n) is 7.82. The van der Waals surface area contributed by atoms with Crippen molar-refractivity contribution in [1.82, 2.24) is 0 Å². The fourth-order valence-corrected chi connectivity index (χ4v) is 6.16. The van der Waals surface area contributed by atoms with Crippen LogP contribution in [0.2, 0.25) is 0 Å². The summed E-state index contributed by atoms with van der Waals surface area (Å²) in [6.07, 6.45) is 0. The normalized spacial score (nSPS) is 14.6. The van der Waals surface area contributed by atoms with Gasteiger partial charge < -0.3 is 4.90 Å². The molecular weight excluding hydrogens is 453 g/mol. The van der Waals surface area contributed by atoms with Crippen molar-refractivity contribution in [2.75, 3.05) is 11.9 Å². The quantitative estimate of drug-likeness (QED) is 0.224. The molecular formula is C35H26FN. The molecule has 0 radical (unpaired) electrons. The first-order chi connectivity index (χ1) is 18.1. The van der Waals surface area contributed by atoms with Crippen molar-refractivity contribution in [3.63, 3.8) is 0 Å². The molecule has 1 atom stereocenters. The first-order valence-corrected chi connectivity index (χ1v) is 12.7. The van der Waals surface area contributed by atoms with Crippen LogP contribution in [0.4, 0.5) is 10.1 Å². The van der Waals surface area contributed by atoms with E-state index < -0.39 is 0 Å². The summed E-state index contributed by atoms with van der Waals surface area (Å²) in [5, 5.41) is 4.99. The average Bonchev–Trinajstić information content (AvgIpc) is 2.93. The van der Waals surface area contributed by atoms with Crippen molar-refractivity contribution >= 4 is 27.2 Å². The molecule has 6 aromatic rings. The lowest BCUT2D eigenvalue weighted by Gasteiger charge is -2.40. The van der Waals surface area contributed by atoms with Gasteiger partial charge in [0.1, 0.15) is 5.82 Å². The fraction of sp³-hybridized carbons (Fsp3) is 0.0857. The molecule has 1 aliphatic heterocycles. The highest BCUT2D eigenvalue weighted by atomic mass is 19.1. The average molecular weight is 480 g/mol. The van der Waals surface area contributed by atoms with Crippen LogP contribution in [0.3, 0.4) is 0 Å². The molecule has 1 unspecified atom stereocenters. The number of aryl methyl sites for hydroxylation is 1. The summed E-state index contributed by atoms with van der Waals surface area (Å²) in [4.78, 5) is 2.35. The standard InChI is InChI=1S/C35H26FN/c1-22-8-7-9-24(20-22)25-16-19-32-31(21-25)33-29-12-5-3-10-27(29)28-11-4-6-13-30(28)34(33)35(37(32)2)23-14-17-26(36)18-15-23/h3-21,35H,1-2H3. The summed E-state index contributed by atoms with van der Waals surface area (Å²) in [6, 6.07) is 39.9. The van der Waals surface area contributed by atoms with Gasteiger partial charge in [0.15, 0.2) is 0 Å². The van der Waals surface area contributed by atoms with Gasteiger partial charge in [-0.15, -0.1) is 0 Å². The topological polar surface area (TPSA) is 3.24 Å². The van der Waals surface area contributed by atoms with Crippen molar-refractivity contribution in [3.8, 4) is 22.3 Å². The van der Waals surface area contributed by atoms with E-state index in [1.807, 2.05) is 12.1 Å². The van der Waals surface area contributed by atoms with E-state index in [2.05, 4.69) is 110 Å². The molecule has 6 aromatic carbocycles. The SMILES string of the molecule is Cc1cccc(-c2ccc3c(c2)-c2c(c4ccccc4c4ccccc24)C(c2ccc(F)cc2)N3C)c1. The number of fused-ring (bicyclic) bond motifs is 8. The van der Waals surface area contributed by atoms with E-state index in [0.717, 1.165) is 5.56 Å². The molecule has 1 heterocycles. The van der Waals surface area contributed by atoms with Crippen LogP contribution < -0.4 is 4.90 Å². The second kappa shape index (κ2) is 8.31. The third-order valence-corrected chi connectivity index (χ3v) is 7.82. The van der Waals surface area contributed by atoms with Crippen LogP contribution in [-0.4, -0.2) is 7.05 Å². The zero-order valence-electron chi connectivity index (χ0n) is 20.9. The number of hydrogen-bond donors (Lipinski definition) is 0. The summed E-state index contributed by atoms with van der Waals surface area (Å²) < 4.78 is 14.0. The lowest BCUT2D eigenvalue weighted by atomic mass is 9.78. The summed E-state index contributed by atoms with van der Waals surface area (Å²) in [5.74, 6) is -0.214. The second-order valence-corrected chi connectivity index (χ2v) is 10.0. The maximum Gasteiger partial charge on any atom is 0.123 e. The Bertz CT molecular complexity index is 1820. The van der Waals surface area contributed by atoms with Crippen molar-refractivity contribution in [2.24, 2.45) is 0 Å². The molecule has 1 nitrogen and oxygen atoms in total. The van der Waals surface area contributed by atoms with Gasteiger partial charge in [-0.1, -0.05) is 96.6 Å². The van der Waals surface area contributed by atoms with Gasteiger partial charge in [-0.2, -0.15) is 0 Å². The molecule has 2 heteroatoms. The van der Waals surface area contributed by atoms with E-state index >= 15 is 0 Å². The van der Waals surface area contributed by atoms with E-state index in [0.29, 0.717) is 0 Å². The Kier molecular flexibility index (Phi) is 4.90. The number of benzene rings is 6. The van der Waals surface area contributed by atoms with Crippen LogP contribution in [0.5, 0.6) is 0 Å². The van der Waals surface area contributed by atoms with E-state index in [4.69, 9.17) is 0 Å². The zero-order valence-corrected chi connectivity index (χ0v) is 20.9. The number of rotatable bonds is 2. The van der Waals surface area contributed by atoms with Gasteiger partial charge in [0.05, 0.1) is 6.04 Å². The number of halogens is 1. The van der Waals surface area contributed by atoms with Gasteiger partial charge in [0.2, 0.25) is 0 Å². The van der Waals surface area contributed by atoms with Gasteiger partial charge in [-0.3, -0.25) is 0 Å². The molecule has 178 valence electrons. The Hall–Kier alpha value is -4.43. The largest absolute Gasteiger partial charge is 0.363 e.